The van der Waals surface area contributed by atoms with Crippen molar-refractivity contribution in [2.45, 2.75) is 56.6 Å². The van der Waals surface area contributed by atoms with Gasteiger partial charge in [-0.25, -0.2) is 13.4 Å². The van der Waals surface area contributed by atoms with Crippen LogP contribution in [0.2, 0.25) is 0 Å². The lowest BCUT2D eigenvalue weighted by Gasteiger charge is -2.13. The predicted octanol–water partition coefficient (Wildman–Crippen LogP) is 4.61. The van der Waals surface area contributed by atoms with E-state index < -0.39 is 15.1 Å². The van der Waals surface area contributed by atoms with Gasteiger partial charge in [0.25, 0.3) is 0 Å². The zero-order valence-corrected chi connectivity index (χ0v) is 18.0. The zero-order valence-electron chi connectivity index (χ0n) is 17.2. The van der Waals surface area contributed by atoms with Gasteiger partial charge >= 0.3 is 0 Å². The average Bonchev–Trinajstić information content (AvgIpc) is 3.22. The topological polar surface area (TPSA) is 78.0 Å². The lowest BCUT2D eigenvalue weighted by Crippen LogP contribution is -2.13. The van der Waals surface area contributed by atoms with Gasteiger partial charge in [-0.05, 0) is 31.5 Å². The van der Waals surface area contributed by atoms with Crippen LogP contribution in [-0.2, 0) is 22.3 Å². The number of oxazole rings is 1. The molecule has 0 aliphatic rings. The molecule has 3 aromatic rings. The quantitative estimate of drug-likeness (QED) is 0.624. The Kier molecular flexibility index (Phi) is 5.23. The smallest absolute Gasteiger partial charge is 0.213 e. The summed E-state index contributed by atoms with van der Waals surface area (Å²) < 4.78 is 33.6. The molecule has 0 bridgehead atoms. The van der Waals surface area contributed by atoms with Gasteiger partial charge in [0, 0.05) is 12.5 Å². The number of hydrogen-bond acceptors (Lipinski definition) is 5. The number of benzene rings is 1. The third-order valence-corrected chi connectivity index (χ3v) is 7.02. The number of aryl methyl sites for hydroxylation is 2. The number of hydrogen-bond donors (Lipinski definition) is 0. The standard InChI is InChI=1S/C21H27N3O3S/c1-7-18(28(25,26)15-10-8-14(2)9-11-15)20-22-16(13-27-20)17-12-19(21(3,4)5)23-24(17)6/h8-13,18H,7H2,1-6H3. The van der Waals surface area contributed by atoms with Gasteiger partial charge in [-0.2, -0.15) is 5.10 Å². The summed E-state index contributed by atoms with van der Waals surface area (Å²) in [5, 5.41) is 3.72. The molecule has 3 rings (SSSR count). The Morgan fingerprint density at radius 1 is 1.18 bits per heavy atom. The highest BCUT2D eigenvalue weighted by Gasteiger charge is 2.32. The summed E-state index contributed by atoms with van der Waals surface area (Å²) in [5.41, 5.74) is 3.23. The largest absolute Gasteiger partial charge is 0.447 e. The lowest BCUT2D eigenvalue weighted by molar-refractivity contribution is 0.472. The normalized spacial score (nSPS) is 13.6. The van der Waals surface area contributed by atoms with Crippen molar-refractivity contribution in [3.63, 3.8) is 0 Å². The van der Waals surface area contributed by atoms with Gasteiger partial charge in [-0.15, -0.1) is 0 Å². The van der Waals surface area contributed by atoms with E-state index in [0.717, 1.165) is 17.0 Å². The minimum absolute atomic E-state index is 0.0939. The van der Waals surface area contributed by atoms with Crippen molar-refractivity contribution in [3.8, 4) is 11.4 Å². The van der Waals surface area contributed by atoms with Crippen LogP contribution >= 0.6 is 0 Å². The fraction of sp³-hybridized carbons (Fsp3) is 0.429. The first-order chi connectivity index (χ1) is 13.0. The first-order valence-corrected chi connectivity index (χ1v) is 10.9. The Morgan fingerprint density at radius 2 is 1.82 bits per heavy atom. The molecule has 0 fully saturated rings. The minimum atomic E-state index is -3.60. The summed E-state index contributed by atoms with van der Waals surface area (Å²) in [5.74, 6) is 0.205. The van der Waals surface area contributed by atoms with Crippen LogP contribution in [0.1, 0.15) is 56.5 Å². The molecule has 0 spiro atoms. The van der Waals surface area contributed by atoms with Crippen molar-refractivity contribution < 1.29 is 12.8 Å². The molecule has 1 aromatic carbocycles. The molecule has 6 nitrogen and oxygen atoms in total. The monoisotopic (exact) mass is 401 g/mol. The first kappa shape index (κ1) is 20.3. The molecule has 28 heavy (non-hydrogen) atoms. The molecule has 2 heterocycles. The van der Waals surface area contributed by atoms with E-state index in [4.69, 9.17) is 4.42 Å². The van der Waals surface area contributed by atoms with E-state index in [1.165, 1.54) is 6.26 Å². The molecule has 0 saturated carbocycles. The molecule has 0 N–H and O–H groups in total. The Labute approximate surface area is 166 Å². The molecule has 0 radical (unpaired) electrons. The number of sulfone groups is 1. The van der Waals surface area contributed by atoms with E-state index in [1.54, 1.807) is 28.9 Å². The van der Waals surface area contributed by atoms with Gasteiger partial charge in [0.2, 0.25) is 5.89 Å². The molecule has 150 valence electrons. The van der Waals surface area contributed by atoms with Crippen LogP contribution in [0, 0.1) is 6.92 Å². The first-order valence-electron chi connectivity index (χ1n) is 9.35. The van der Waals surface area contributed by atoms with E-state index in [9.17, 15) is 8.42 Å². The summed E-state index contributed by atoms with van der Waals surface area (Å²) >= 11 is 0. The second-order valence-corrected chi connectivity index (χ2v) is 10.2. The van der Waals surface area contributed by atoms with Crippen LogP contribution in [0.15, 0.2) is 45.9 Å². The fourth-order valence-corrected chi connectivity index (χ4v) is 4.70. The maximum absolute atomic E-state index is 13.1. The second kappa shape index (κ2) is 7.20. The molecule has 0 amide bonds. The Hall–Kier alpha value is -2.41. The Bertz CT molecular complexity index is 1070. The van der Waals surface area contributed by atoms with Crippen molar-refractivity contribution in [1.29, 1.82) is 0 Å². The van der Waals surface area contributed by atoms with E-state index >= 15 is 0 Å². The van der Waals surface area contributed by atoms with Crippen LogP contribution in [0.5, 0.6) is 0 Å². The molecule has 7 heteroatoms. The van der Waals surface area contributed by atoms with Crippen LogP contribution in [0.4, 0.5) is 0 Å². The number of aromatic nitrogens is 3. The molecule has 1 unspecified atom stereocenters. The molecule has 1 atom stereocenters. The molecule has 0 saturated heterocycles. The molecular weight excluding hydrogens is 374 g/mol. The minimum Gasteiger partial charge on any atom is -0.447 e. The SMILES string of the molecule is CCC(c1nc(-c2cc(C(C)(C)C)nn2C)co1)S(=O)(=O)c1ccc(C)cc1. The third-order valence-electron chi connectivity index (χ3n) is 4.80. The van der Waals surface area contributed by atoms with Crippen molar-refractivity contribution in [1.82, 2.24) is 14.8 Å². The number of nitrogens with zero attached hydrogens (tertiary/aromatic N) is 3. The second-order valence-electron chi connectivity index (χ2n) is 8.11. The van der Waals surface area contributed by atoms with Gasteiger partial charge in [0.15, 0.2) is 9.84 Å². The van der Waals surface area contributed by atoms with Crippen molar-refractivity contribution in [2.24, 2.45) is 7.05 Å². The maximum atomic E-state index is 13.1. The average molecular weight is 402 g/mol. The molecule has 0 aliphatic carbocycles. The van der Waals surface area contributed by atoms with Crippen molar-refractivity contribution in [2.75, 3.05) is 0 Å². The van der Waals surface area contributed by atoms with E-state index in [0.29, 0.717) is 12.1 Å². The van der Waals surface area contributed by atoms with Gasteiger partial charge in [0.1, 0.15) is 17.2 Å². The van der Waals surface area contributed by atoms with Gasteiger partial charge < -0.3 is 4.42 Å². The summed E-state index contributed by atoms with van der Waals surface area (Å²) in [6, 6.07) is 8.83. The molecule has 2 aromatic heterocycles. The highest BCUT2D eigenvalue weighted by molar-refractivity contribution is 7.91. The maximum Gasteiger partial charge on any atom is 0.213 e. The Balaban J connectivity index is 1.98. The Morgan fingerprint density at radius 3 is 2.36 bits per heavy atom. The summed E-state index contributed by atoms with van der Waals surface area (Å²) in [7, 11) is -1.75. The van der Waals surface area contributed by atoms with Crippen LogP contribution in [0.3, 0.4) is 0 Å². The van der Waals surface area contributed by atoms with Crippen LogP contribution in [-0.4, -0.2) is 23.2 Å². The van der Waals surface area contributed by atoms with Crippen LogP contribution in [0.25, 0.3) is 11.4 Å². The highest BCUT2D eigenvalue weighted by atomic mass is 32.2. The van der Waals surface area contributed by atoms with Crippen molar-refractivity contribution in [3.05, 3.63) is 53.7 Å². The molecular formula is C21H27N3O3S. The lowest BCUT2D eigenvalue weighted by atomic mass is 9.92. The van der Waals surface area contributed by atoms with E-state index in [1.807, 2.05) is 27.0 Å². The fourth-order valence-electron chi connectivity index (χ4n) is 3.05. The summed E-state index contributed by atoms with van der Waals surface area (Å²) in [6.45, 7) is 10.0. The van der Waals surface area contributed by atoms with Crippen LogP contribution < -0.4 is 0 Å². The van der Waals surface area contributed by atoms with E-state index in [-0.39, 0.29) is 16.2 Å². The summed E-state index contributed by atoms with van der Waals surface area (Å²) in [6.07, 6.45) is 1.88. The number of rotatable bonds is 5. The van der Waals surface area contributed by atoms with Gasteiger partial charge in [-0.3, -0.25) is 4.68 Å². The predicted molar refractivity (Wildman–Crippen MR) is 109 cm³/mol. The highest BCUT2D eigenvalue weighted by Crippen LogP contribution is 2.33. The third kappa shape index (κ3) is 3.76. The van der Waals surface area contributed by atoms with E-state index in [2.05, 4.69) is 30.9 Å². The summed E-state index contributed by atoms with van der Waals surface area (Å²) in [4.78, 5) is 4.79. The van der Waals surface area contributed by atoms with Crippen molar-refractivity contribution >= 4 is 9.84 Å². The van der Waals surface area contributed by atoms with Gasteiger partial charge in [0.05, 0.1) is 16.3 Å². The molecule has 0 aliphatic heterocycles. The zero-order chi connectivity index (χ0) is 20.7. The van der Waals surface area contributed by atoms with Gasteiger partial charge in [-0.1, -0.05) is 45.4 Å².